The second kappa shape index (κ2) is 7.13. The maximum absolute atomic E-state index is 14.5. The van der Waals surface area contributed by atoms with Gasteiger partial charge in [-0.1, -0.05) is 20.8 Å². The molecule has 3 nitrogen and oxygen atoms in total. The van der Waals surface area contributed by atoms with E-state index in [-0.39, 0.29) is 23.9 Å². The Labute approximate surface area is 132 Å². The maximum Gasteiger partial charge on any atom is 0.193 e. The number of hydrogen-bond donors (Lipinski definition) is 1. The molecule has 6 heteroatoms. The number of thiazole rings is 1. The molecule has 0 aliphatic carbocycles. The van der Waals surface area contributed by atoms with E-state index in [9.17, 15) is 9.50 Å². The first-order valence-electron chi connectivity index (χ1n) is 7.15. The zero-order valence-electron chi connectivity index (χ0n) is 13.7. The lowest BCUT2D eigenvalue weighted by molar-refractivity contribution is 0.148. The Hall–Kier alpha value is -0.563. The normalized spacial score (nSPS) is 15.3. The summed E-state index contributed by atoms with van der Waals surface area (Å²) in [6, 6.07) is 0. The molecular formula is C15H26FNO2SSi. The second-order valence-corrected chi connectivity index (χ2v) is 12.5. The highest BCUT2D eigenvalue weighted by atomic mass is 32.1. The minimum Gasteiger partial charge on any atom is -0.407 e. The van der Waals surface area contributed by atoms with Gasteiger partial charge in [0.2, 0.25) is 0 Å². The molecule has 0 saturated carbocycles. The number of aryl methyl sites for hydroxylation is 1. The van der Waals surface area contributed by atoms with Crippen LogP contribution in [0.3, 0.4) is 0 Å². The fourth-order valence-electron chi connectivity index (χ4n) is 1.58. The minimum atomic E-state index is -2.09. The molecule has 1 N–H and O–H groups in total. The number of hydrogen-bond acceptors (Lipinski definition) is 4. The monoisotopic (exact) mass is 331 g/mol. The SMILES string of the molecule is Cc1nc(/C=C(/F)[C@H](CCO)O[Si](C)(C)C(C)(C)C)cs1. The van der Waals surface area contributed by atoms with Crippen molar-refractivity contribution in [3.05, 3.63) is 21.9 Å². The molecule has 1 aromatic rings. The molecule has 1 rings (SSSR count). The number of nitrogens with zero attached hydrogens (tertiary/aromatic N) is 1. The van der Waals surface area contributed by atoms with E-state index < -0.39 is 14.4 Å². The summed E-state index contributed by atoms with van der Waals surface area (Å²) in [6.45, 7) is 12.3. The molecule has 0 unspecified atom stereocenters. The van der Waals surface area contributed by atoms with Crippen molar-refractivity contribution in [3.63, 3.8) is 0 Å². The summed E-state index contributed by atoms with van der Waals surface area (Å²) >= 11 is 1.48. The van der Waals surface area contributed by atoms with Crippen LogP contribution in [0, 0.1) is 6.92 Å². The van der Waals surface area contributed by atoms with Gasteiger partial charge in [-0.25, -0.2) is 9.37 Å². The summed E-state index contributed by atoms with van der Waals surface area (Å²) in [4.78, 5) is 4.23. The van der Waals surface area contributed by atoms with Crippen LogP contribution in [-0.4, -0.2) is 31.1 Å². The lowest BCUT2D eigenvalue weighted by Crippen LogP contribution is -2.44. The van der Waals surface area contributed by atoms with Gasteiger partial charge in [-0.3, -0.25) is 0 Å². The van der Waals surface area contributed by atoms with Crippen LogP contribution in [0.2, 0.25) is 18.1 Å². The van der Waals surface area contributed by atoms with Gasteiger partial charge < -0.3 is 9.53 Å². The highest BCUT2D eigenvalue weighted by Crippen LogP contribution is 2.38. The highest BCUT2D eigenvalue weighted by Gasteiger charge is 2.39. The topological polar surface area (TPSA) is 42.4 Å². The van der Waals surface area contributed by atoms with Gasteiger partial charge in [0, 0.05) is 18.4 Å². The number of aromatic nitrogens is 1. The molecule has 0 fully saturated rings. The Morgan fingerprint density at radius 2 is 2.14 bits per heavy atom. The predicted octanol–water partition coefficient (Wildman–Crippen LogP) is 4.53. The summed E-state index contributed by atoms with van der Waals surface area (Å²) < 4.78 is 20.6. The molecule has 120 valence electrons. The first-order chi connectivity index (χ1) is 9.56. The summed E-state index contributed by atoms with van der Waals surface area (Å²) in [5, 5.41) is 11.9. The minimum absolute atomic E-state index is 0.00178. The Morgan fingerprint density at radius 3 is 2.57 bits per heavy atom. The molecule has 0 radical (unpaired) electrons. The van der Waals surface area contributed by atoms with Crippen molar-refractivity contribution in [1.82, 2.24) is 4.98 Å². The Kier molecular flexibility index (Phi) is 6.28. The molecule has 0 amide bonds. The fraction of sp³-hybridized carbons (Fsp3) is 0.667. The number of rotatable bonds is 6. The predicted molar refractivity (Wildman–Crippen MR) is 89.7 cm³/mol. The standard InChI is InChI=1S/C15H26FNO2SSi/c1-11-17-12(10-20-11)9-13(16)14(7-8-18)19-21(5,6)15(2,3)4/h9-10,14,18H,7-8H2,1-6H3/b13-9+/t14-/m0/s1. The number of aliphatic hydroxyl groups is 1. The van der Waals surface area contributed by atoms with Crippen LogP contribution in [0.15, 0.2) is 11.2 Å². The molecule has 1 aromatic heterocycles. The maximum atomic E-state index is 14.5. The molecule has 1 atom stereocenters. The third-order valence-electron chi connectivity index (χ3n) is 3.86. The quantitative estimate of drug-likeness (QED) is 0.779. The van der Waals surface area contributed by atoms with Crippen LogP contribution in [-0.2, 0) is 4.43 Å². The molecule has 0 aliphatic heterocycles. The van der Waals surface area contributed by atoms with E-state index in [0.29, 0.717) is 5.69 Å². The van der Waals surface area contributed by atoms with Crippen molar-refractivity contribution < 1.29 is 13.9 Å². The van der Waals surface area contributed by atoms with Crippen molar-refractivity contribution in [2.24, 2.45) is 0 Å². The highest BCUT2D eigenvalue weighted by molar-refractivity contribution is 7.09. The summed E-state index contributed by atoms with van der Waals surface area (Å²) in [6.07, 6.45) is 0.979. The van der Waals surface area contributed by atoms with Crippen LogP contribution in [0.25, 0.3) is 6.08 Å². The van der Waals surface area contributed by atoms with E-state index in [1.807, 2.05) is 12.3 Å². The Bertz CT molecular complexity index is 494. The van der Waals surface area contributed by atoms with Gasteiger partial charge in [0.1, 0.15) is 5.83 Å². The summed E-state index contributed by atoms with van der Waals surface area (Å²) in [5.41, 5.74) is 0.608. The van der Waals surface area contributed by atoms with Gasteiger partial charge in [-0.15, -0.1) is 11.3 Å². The van der Waals surface area contributed by atoms with Crippen LogP contribution >= 0.6 is 11.3 Å². The first-order valence-corrected chi connectivity index (χ1v) is 10.9. The van der Waals surface area contributed by atoms with Crippen molar-refractivity contribution >= 4 is 25.7 Å². The van der Waals surface area contributed by atoms with E-state index in [2.05, 4.69) is 38.8 Å². The van der Waals surface area contributed by atoms with E-state index in [1.54, 1.807) is 0 Å². The van der Waals surface area contributed by atoms with Crippen LogP contribution in [0.4, 0.5) is 4.39 Å². The van der Waals surface area contributed by atoms with Gasteiger partial charge in [0.25, 0.3) is 0 Å². The van der Waals surface area contributed by atoms with E-state index >= 15 is 0 Å². The Balaban J connectivity index is 2.93. The molecule has 0 aromatic carbocycles. The third kappa shape index (κ3) is 5.29. The van der Waals surface area contributed by atoms with Gasteiger partial charge >= 0.3 is 0 Å². The molecule has 0 spiro atoms. The fourth-order valence-corrected chi connectivity index (χ4v) is 3.45. The largest absolute Gasteiger partial charge is 0.407 e. The zero-order valence-corrected chi connectivity index (χ0v) is 15.6. The van der Waals surface area contributed by atoms with Crippen LogP contribution < -0.4 is 0 Å². The number of halogens is 1. The average molecular weight is 332 g/mol. The average Bonchev–Trinajstić information content (AvgIpc) is 2.72. The van der Waals surface area contributed by atoms with E-state index in [0.717, 1.165) is 5.01 Å². The van der Waals surface area contributed by atoms with Gasteiger partial charge in [-0.05, 0) is 31.1 Å². The molecule has 0 bridgehead atoms. The Morgan fingerprint density at radius 1 is 1.52 bits per heavy atom. The van der Waals surface area contributed by atoms with Crippen molar-refractivity contribution in [3.8, 4) is 0 Å². The molecule has 21 heavy (non-hydrogen) atoms. The van der Waals surface area contributed by atoms with Crippen molar-refractivity contribution in [2.75, 3.05) is 6.61 Å². The molecule has 0 aliphatic rings. The lowest BCUT2D eigenvalue weighted by Gasteiger charge is -2.38. The molecule has 1 heterocycles. The van der Waals surface area contributed by atoms with Crippen molar-refractivity contribution in [2.45, 2.75) is 58.4 Å². The van der Waals surface area contributed by atoms with E-state index in [1.165, 1.54) is 17.4 Å². The lowest BCUT2D eigenvalue weighted by atomic mass is 10.2. The smallest absolute Gasteiger partial charge is 0.193 e. The summed E-state index contributed by atoms with van der Waals surface area (Å²) in [5.74, 6) is -0.362. The van der Waals surface area contributed by atoms with Crippen LogP contribution in [0.1, 0.15) is 37.9 Å². The van der Waals surface area contributed by atoms with E-state index in [4.69, 9.17) is 4.43 Å². The number of aliphatic hydroxyl groups excluding tert-OH is 1. The van der Waals surface area contributed by atoms with Gasteiger partial charge in [-0.2, -0.15) is 0 Å². The third-order valence-corrected chi connectivity index (χ3v) is 9.14. The van der Waals surface area contributed by atoms with Gasteiger partial charge in [0.05, 0.1) is 16.8 Å². The summed E-state index contributed by atoms with van der Waals surface area (Å²) in [7, 11) is -2.09. The second-order valence-electron chi connectivity index (χ2n) is 6.70. The first kappa shape index (κ1) is 18.5. The van der Waals surface area contributed by atoms with Crippen LogP contribution in [0.5, 0.6) is 0 Å². The zero-order chi connectivity index (χ0) is 16.3. The van der Waals surface area contributed by atoms with Gasteiger partial charge in [0.15, 0.2) is 8.32 Å². The van der Waals surface area contributed by atoms with Crippen molar-refractivity contribution in [1.29, 1.82) is 0 Å². The molecule has 0 saturated heterocycles. The molecular weight excluding hydrogens is 305 g/mol.